The molecule has 0 atom stereocenters. The highest BCUT2D eigenvalue weighted by atomic mass is 16.5. The molecule has 2 aromatic heterocycles. The fourth-order valence-electron chi connectivity index (χ4n) is 2.29. The van der Waals surface area contributed by atoms with Gasteiger partial charge < -0.3 is 9.26 Å². The molecule has 0 fully saturated rings. The molecule has 0 unspecified atom stereocenters. The van der Waals surface area contributed by atoms with Crippen LogP contribution in [0.5, 0.6) is 6.01 Å². The summed E-state index contributed by atoms with van der Waals surface area (Å²) >= 11 is 0. The van der Waals surface area contributed by atoms with Gasteiger partial charge in [-0.2, -0.15) is 4.98 Å². The summed E-state index contributed by atoms with van der Waals surface area (Å²) in [5.41, 5.74) is 4.04. The van der Waals surface area contributed by atoms with E-state index in [9.17, 15) is 0 Å². The van der Waals surface area contributed by atoms with E-state index in [2.05, 4.69) is 29.0 Å². The molecule has 2 aromatic rings. The van der Waals surface area contributed by atoms with E-state index < -0.39 is 0 Å². The maximum atomic E-state index is 5.43. The van der Waals surface area contributed by atoms with Gasteiger partial charge in [0.2, 0.25) is 0 Å². The van der Waals surface area contributed by atoms with Gasteiger partial charge in [-0.05, 0) is 17.9 Å². The first kappa shape index (κ1) is 11.2. The monoisotopic (exact) mass is 245 g/mol. The maximum Gasteiger partial charge on any atom is 0.316 e. The van der Waals surface area contributed by atoms with Gasteiger partial charge >= 0.3 is 6.01 Å². The highest BCUT2D eigenvalue weighted by Crippen LogP contribution is 2.37. The average molecular weight is 245 g/mol. The Labute approximate surface area is 105 Å². The molecular weight excluding hydrogens is 230 g/mol. The van der Waals surface area contributed by atoms with Crippen molar-refractivity contribution < 1.29 is 9.26 Å². The fraction of sp³-hybridized carbons (Fsp3) is 0.462. The van der Waals surface area contributed by atoms with Gasteiger partial charge in [0.25, 0.3) is 0 Å². The first-order valence-corrected chi connectivity index (χ1v) is 6.09. The zero-order valence-electron chi connectivity index (χ0n) is 10.7. The number of rotatable bonds is 2. The lowest BCUT2D eigenvalue weighted by Gasteiger charge is -2.15. The Morgan fingerprint density at radius 2 is 2.17 bits per heavy atom. The molecule has 0 radical (unpaired) electrons. The first-order chi connectivity index (χ1) is 8.70. The molecule has 1 aliphatic rings. The minimum atomic E-state index is 0.310. The number of nitrogens with zero attached hydrogens (tertiary/aromatic N) is 3. The summed E-state index contributed by atoms with van der Waals surface area (Å²) in [6, 6.07) is 0.387. The molecule has 0 saturated carbocycles. The topological polar surface area (TPSA) is 61.0 Å². The molecule has 0 bridgehead atoms. The second kappa shape index (κ2) is 4.08. The maximum absolute atomic E-state index is 5.43. The van der Waals surface area contributed by atoms with Gasteiger partial charge in [0, 0.05) is 12.6 Å². The Kier molecular flexibility index (Phi) is 2.54. The number of hydrogen-bond acceptors (Lipinski definition) is 5. The third-order valence-corrected chi connectivity index (χ3v) is 3.22. The van der Waals surface area contributed by atoms with Crippen molar-refractivity contribution in [1.29, 1.82) is 0 Å². The molecule has 0 amide bonds. The molecule has 18 heavy (non-hydrogen) atoms. The van der Waals surface area contributed by atoms with E-state index in [4.69, 9.17) is 9.26 Å². The van der Waals surface area contributed by atoms with Crippen LogP contribution >= 0.6 is 0 Å². The van der Waals surface area contributed by atoms with Crippen LogP contribution in [0.15, 0.2) is 10.7 Å². The number of ether oxygens (including phenoxy) is 1. The minimum absolute atomic E-state index is 0.310. The number of methoxy groups -OCH3 is 1. The van der Waals surface area contributed by atoms with E-state index in [1.54, 1.807) is 7.11 Å². The van der Waals surface area contributed by atoms with Crippen molar-refractivity contribution in [3.63, 3.8) is 0 Å². The SMILES string of the molecule is COc1ncc2c(n1)-c1c(C(C)C)noc1CC2. The van der Waals surface area contributed by atoms with Crippen molar-refractivity contribution in [3.8, 4) is 17.3 Å². The van der Waals surface area contributed by atoms with E-state index >= 15 is 0 Å². The van der Waals surface area contributed by atoms with E-state index in [1.165, 1.54) is 0 Å². The number of hydrogen-bond donors (Lipinski definition) is 0. The van der Waals surface area contributed by atoms with Crippen molar-refractivity contribution in [1.82, 2.24) is 15.1 Å². The zero-order valence-corrected chi connectivity index (χ0v) is 10.7. The van der Waals surface area contributed by atoms with Gasteiger partial charge in [0.15, 0.2) is 0 Å². The van der Waals surface area contributed by atoms with Crippen LogP contribution in [0, 0.1) is 0 Å². The Balaban J connectivity index is 2.22. The molecule has 0 spiro atoms. The van der Waals surface area contributed by atoms with Crippen LogP contribution < -0.4 is 4.74 Å². The van der Waals surface area contributed by atoms with E-state index in [0.29, 0.717) is 11.9 Å². The van der Waals surface area contributed by atoms with Crippen LogP contribution in [-0.4, -0.2) is 22.2 Å². The fourth-order valence-corrected chi connectivity index (χ4v) is 2.29. The summed E-state index contributed by atoms with van der Waals surface area (Å²) in [5, 5.41) is 4.18. The van der Waals surface area contributed by atoms with Gasteiger partial charge in [-0.15, -0.1) is 0 Å². The summed E-state index contributed by atoms with van der Waals surface area (Å²) < 4.78 is 10.5. The Morgan fingerprint density at radius 3 is 2.89 bits per heavy atom. The molecule has 5 nitrogen and oxygen atoms in total. The average Bonchev–Trinajstić information content (AvgIpc) is 2.82. The number of fused-ring (bicyclic) bond motifs is 3. The predicted octanol–water partition coefficient (Wildman–Crippen LogP) is 2.36. The van der Waals surface area contributed by atoms with Crippen LogP contribution in [-0.2, 0) is 12.8 Å². The molecule has 1 aliphatic carbocycles. The molecule has 2 heterocycles. The van der Waals surface area contributed by atoms with Gasteiger partial charge in [0.05, 0.1) is 24.1 Å². The summed E-state index contributed by atoms with van der Waals surface area (Å²) in [7, 11) is 1.57. The molecule has 5 heteroatoms. The van der Waals surface area contributed by atoms with Gasteiger partial charge in [-0.1, -0.05) is 19.0 Å². The van der Waals surface area contributed by atoms with Gasteiger partial charge in [-0.3, -0.25) is 0 Å². The second-order valence-electron chi connectivity index (χ2n) is 4.75. The van der Waals surface area contributed by atoms with E-state index in [1.807, 2.05) is 6.20 Å². The van der Waals surface area contributed by atoms with Crippen LogP contribution in [0.25, 0.3) is 11.3 Å². The summed E-state index contributed by atoms with van der Waals surface area (Å²) in [6.07, 6.45) is 3.58. The summed E-state index contributed by atoms with van der Waals surface area (Å²) in [4.78, 5) is 8.61. The molecule has 0 saturated heterocycles. The molecule has 0 N–H and O–H groups in total. The molecular formula is C13H15N3O2. The third kappa shape index (κ3) is 1.58. The van der Waals surface area contributed by atoms with Crippen molar-refractivity contribution >= 4 is 0 Å². The lowest BCUT2D eigenvalue weighted by Crippen LogP contribution is -2.07. The minimum Gasteiger partial charge on any atom is -0.467 e. The van der Waals surface area contributed by atoms with Crippen molar-refractivity contribution in [3.05, 3.63) is 23.2 Å². The molecule has 94 valence electrons. The van der Waals surface area contributed by atoms with Crippen LogP contribution in [0.1, 0.15) is 36.8 Å². The highest BCUT2D eigenvalue weighted by molar-refractivity contribution is 5.70. The predicted molar refractivity (Wildman–Crippen MR) is 65.6 cm³/mol. The molecule has 0 aromatic carbocycles. The molecule has 3 rings (SSSR count). The van der Waals surface area contributed by atoms with E-state index in [-0.39, 0.29) is 0 Å². The highest BCUT2D eigenvalue weighted by Gasteiger charge is 2.27. The molecule has 0 aliphatic heterocycles. The van der Waals surface area contributed by atoms with Gasteiger partial charge in [-0.25, -0.2) is 4.98 Å². The lowest BCUT2D eigenvalue weighted by molar-refractivity contribution is 0.372. The zero-order chi connectivity index (χ0) is 12.7. The van der Waals surface area contributed by atoms with Crippen LogP contribution in [0.3, 0.4) is 0 Å². The third-order valence-electron chi connectivity index (χ3n) is 3.22. The Morgan fingerprint density at radius 1 is 1.33 bits per heavy atom. The van der Waals surface area contributed by atoms with Crippen LogP contribution in [0.2, 0.25) is 0 Å². The number of aryl methyl sites for hydroxylation is 2. The van der Waals surface area contributed by atoms with Crippen LogP contribution in [0.4, 0.5) is 0 Å². The largest absolute Gasteiger partial charge is 0.467 e. The first-order valence-electron chi connectivity index (χ1n) is 6.09. The quantitative estimate of drug-likeness (QED) is 0.812. The van der Waals surface area contributed by atoms with Gasteiger partial charge in [0.1, 0.15) is 5.76 Å². The number of aromatic nitrogens is 3. The Bertz CT molecular complexity index is 590. The summed E-state index contributed by atoms with van der Waals surface area (Å²) in [6.45, 7) is 4.20. The van der Waals surface area contributed by atoms with Crippen molar-refractivity contribution in [2.75, 3.05) is 7.11 Å². The Hall–Kier alpha value is -1.91. The summed E-state index contributed by atoms with van der Waals surface area (Å²) in [5.74, 6) is 1.23. The lowest BCUT2D eigenvalue weighted by atomic mass is 9.91. The standard InChI is InChI=1S/C13H15N3O2/c1-7(2)11-10-9(18-16-11)5-4-8-6-14-13(17-3)15-12(8)10/h6-7H,4-5H2,1-3H3. The van der Waals surface area contributed by atoms with Crippen molar-refractivity contribution in [2.45, 2.75) is 32.6 Å². The smallest absolute Gasteiger partial charge is 0.316 e. The van der Waals surface area contributed by atoms with Crippen molar-refractivity contribution in [2.24, 2.45) is 0 Å². The normalized spacial score (nSPS) is 13.3. The van der Waals surface area contributed by atoms with E-state index in [0.717, 1.165) is 41.1 Å². The second-order valence-corrected chi connectivity index (χ2v) is 4.75.